The van der Waals surface area contributed by atoms with E-state index in [0.717, 1.165) is 40.8 Å². The number of aromatic nitrogens is 4. The molecule has 0 fully saturated rings. The van der Waals surface area contributed by atoms with Crippen LogP contribution in [0.3, 0.4) is 0 Å². The van der Waals surface area contributed by atoms with Gasteiger partial charge in [-0.25, -0.2) is 4.98 Å². The molecular weight excluding hydrogens is 412 g/mol. The summed E-state index contributed by atoms with van der Waals surface area (Å²) in [4.78, 5) is 8.08. The summed E-state index contributed by atoms with van der Waals surface area (Å²) in [5, 5.41) is 28.0. The van der Waals surface area contributed by atoms with Crippen LogP contribution in [0.1, 0.15) is 16.7 Å². The first kappa shape index (κ1) is 19.3. The third-order valence-electron chi connectivity index (χ3n) is 6.19. The average Bonchev–Trinajstić information content (AvgIpc) is 3.54. The fourth-order valence-corrected chi connectivity index (χ4v) is 4.45. The van der Waals surface area contributed by atoms with Gasteiger partial charge in [-0.05, 0) is 46.5 Å². The Morgan fingerprint density at radius 2 is 1.58 bits per heavy atom. The van der Waals surface area contributed by atoms with Crippen molar-refractivity contribution in [2.24, 2.45) is 7.05 Å². The molecule has 0 spiro atoms. The lowest BCUT2D eigenvalue weighted by Crippen LogP contribution is -1.99. The van der Waals surface area contributed by atoms with E-state index in [1.165, 1.54) is 11.1 Å². The van der Waals surface area contributed by atoms with Crippen LogP contribution in [0, 0.1) is 11.3 Å². The number of hydrogen-bond donors (Lipinski definition) is 3. The van der Waals surface area contributed by atoms with E-state index < -0.39 is 0 Å². The number of nitrogens with one attached hydrogen (secondary N) is 2. The SMILES string of the molecule is Cn1nc(-c2ccc(-c3ccc(C#N)cc3)cc2)c(O)c1-c1nc2cc3c(cc2[nH]1)CNC3. The second-order valence-electron chi connectivity index (χ2n) is 8.26. The van der Waals surface area contributed by atoms with Gasteiger partial charge in [-0.2, -0.15) is 10.4 Å². The predicted molar refractivity (Wildman–Crippen MR) is 126 cm³/mol. The van der Waals surface area contributed by atoms with Crippen LogP contribution in [-0.4, -0.2) is 24.9 Å². The second kappa shape index (κ2) is 7.33. The Balaban J connectivity index is 1.36. The molecule has 3 heterocycles. The van der Waals surface area contributed by atoms with Crippen LogP contribution in [0.25, 0.3) is 44.9 Å². The molecule has 3 N–H and O–H groups in total. The second-order valence-corrected chi connectivity index (χ2v) is 8.26. The number of fused-ring (bicyclic) bond motifs is 2. The Hall–Kier alpha value is -4.41. The number of H-pyrrole nitrogens is 1. The Morgan fingerprint density at radius 3 is 2.27 bits per heavy atom. The van der Waals surface area contributed by atoms with Gasteiger partial charge in [-0.15, -0.1) is 0 Å². The van der Waals surface area contributed by atoms with E-state index in [4.69, 9.17) is 10.2 Å². The van der Waals surface area contributed by atoms with E-state index in [2.05, 4.69) is 33.6 Å². The third-order valence-corrected chi connectivity index (χ3v) is 6.19. The van der Waals surface area contributed by atoms with Gasteiger partial charge >= 0.3 is 0 Å². The van der Waals surface area contributed by atoms with Gasteiger partial charge in [0.05, 0.1) is 22.7 Å². The van der Waals surface area contributed by atoms with E-state index >= 15 is 0 Å². The average molecular weight is 432 g/mol. The molecule has 7 heteroatoms. The Bertz CT molecular complexity index is 1510. The van der Waals surface area contributed by atoms with Crippen molar-refractivity contribution in [1.29, 1.82) is 5.26 Å². The van der Waals surface area contributed by atoms with Gasteiger partial charge < -0.3 is 15.4 Å². The lowest BCUT2D eigenvalue weighted by atomic mass is 10.0. The molecule has 3 aromatic carbocycles. The van der Waals surface area contributed by atoms with Crippen LogP contribution in [0.5, 0.6) is 5.75 Å². The molecular formula is C26H20N6O. The first-order valence-corrected chi connectivity index (χ1v) is 10.7. The summed E-state index contributed by atoms with van der Waals surface area (Å²) >= 11 is 0. The summed E-state index contributed by atoms with van der Waals surface area (Å²) in [5.74, 6) is 0.687. The number of aryl methyl sites for hydroxylation is 1. The molecule has 0 saturated heterocycles. The van der Waals surface area contributed by atoms with Gasteiger partial charge in [0.2, 0.25) is 0 Å². The Labute approximate surface area is 190 Å². The highest BCUT2D eigenvalue weighted by molar-refractivity contribution is 5.84. The van der Waals surface area contributed by atoms with Crippen molar-refractivity contribution in [3.8, 4) is 45.7 Å². The van der Waals surface area contributed by atoms with Gasteiger partial charge in [0.25, 0.3) is 0 Å². The van der Waals surface area contributed by atoms with Crippen LogP contribution in [-0.2, 0) is 20.1 Å². The highest BCUT2D eigenvalue weighted by Crippen LogP contribution is 2.38. The molecule has 33 heavy (non-hydrogen) atoms. The number of aromatic amines is 1. The normalized spacial score (nSPS) is 12.7. The first-order valence-electron chi connectivity index (χ1n) is 10.7. The van der Waals surface area contributed by atoms with E-state index in [-0.39, 0.29) is 5.75 Å². The summed E-state index contributed by atoms with van der Waals surface area (Å²) in [7, 11) is 1.81. The molecule has 0 aliphatic carbocycles. The maximum atomic E-state index is 11.1. The summed E-state index contributed by atoms with van der Waals surface area (Å²) in [6, 6.07) is 21.7. The van der Waals surface area contributed by atoms with Gasteiger partial charge in [-0.1, -0.05) is 36.4 Å². The third kappa shape index (κ3) is 3.16. The maximum absolute atomic E-state index is 11.1. The topological polar surface area (TPSA) is 103 Å². The fourth-order valence-electron chi connectivity index (χ4n) is 4.45. The van der Waals surface area contributed by atoms with Crippen molar-refractivity contribution in [3.63, 3.8) is 0 Å². The quantitative estimate of drug-likeness (QED) is 0.390. The van der Waals surface area contributed by atoms with E-state index in [9.17, 15) is 5.11 Å². The van der Waals surface area contributed by atoms with Crippen molar-refractivity contribution in [3.05, 3.63) is 77.4 Å². The fraction of sp³-hybridized carbons (Fsp3) is 0.115. The first-order chi connectivity index (χ1) is 16.1. The molecule has 2 aromatic heterocycles. The molecule has 0 saturated carbocycles. The van der Waals surface area contributed by atoms with Crippen molar-refractivity contribution < 1.29 is 5.11 Å². The van der Waals surface area contributed by atoms with Crippen molar-refractivity contribution in [2.75, 3.05) is 0 Å². The zero-order valence-corrected chi connectivity index (χ0v) is 17.9. The molecule has 0 bridgehead atoms. The largest absolute Gasteiger partial charge is 0.504 e. The summed E-state index contributed by atoms with van der Waals surface area (Å²) < 4.78 is 1.66. The molecule has 160 valence electrons. The molecule has 1 aliphatic heterocycles. The number of hydrogen-bond acceptors (Lipinski definition) is 5. The van der Waals surface area contributed by atoms with Crippen LogP contribution < -0.4 is 5.32 Å². The van der Waals surface area contributed by atoms with E-state index in [0.29, 0.717) is 22.8 Å². The zero-order chi connectivity index (χ0) is 22.5. The lowest BCUT2D eigenvalue weighted by molar-refractivity contribution is 0.478. The minimum absolute atomic E-state index is 0.0943. The number of aromatic hydroxyl groups is 1. The molecule has 0 unspecified atom stereocenters. The van der Waals surface area contributed by atoms with Crippen LogP contribution in [0.2, 0.25) is 0 Å². The van der Waals surface area contributed by atoms with E-state index in [1.807, 2.05) is 36.4 Å². The minimum Gasteiger partial charge on any atom is -0.504 e. The van der Waals surface area contributed by atoms with Crippen molar-refractivity contribution >= 4 is 11.0 Å². The molecule has 0 radical (unpaired) electrons. The smallest absolute Gasteiger partial charge is 0.173 e. The monoisotopic (exact) mass is 432 g/mol. The van der Waals surface area contributed by atoms with E-state index in [1.54, 1.807) is 23.9 Å². The van der Waals surface area contributed by atoms with Gasteiger partial charge in [0, 0.05) is 25.7 Å². The van der Waals surface area contributed by atoms with Gasteiger partial charge in [0.1, 0.15) is 11.4 Å². The van der Waals surface area contributed by atoms with Gasteiger partial charge in [0.15, 0.2) is 11.6 Å². The highest BCUT2D eigenvalue weighted by Gasteiger charge is 2.22. The molecule has 5 aromatic rings. The minimum atomic E-state index is 0.0943. The molecule has 7 nitrogen and oxygen atoms in total. The van der Waals surface area contributed by atoms with Crippen LogP contribution in [0.15, 0.2) is 60.7 Å². The maximum Gasteiger partial charge on any atom is 0.173 e. The summed E-state index contributed by atoms with van der Waals surface area (Å²) in [6.45, 7) is 1.71. The molecule has 6 rings (SSSR count). The number of rotatable bonds is 3. The number of imidazole rings is 1. The molecule has 0 amide bonds. The number of benzene rings is 3. The standard InChI is InChI=1S/C26H20N6O/c1-32-24(26-29-21-10-19-13-28-14-20(19)11-22(21)30-26)25(33)23(31-32)18-8-6-17(7-9-18)16-4-2-15(12-27)3-5-16/h2-11,28,33H,13-14H2,1H3,(H,29,30). The zero-order valence-electron chi connectivity index (χ0n) is 17.9. The van der Waals surface area contributed by atoms with Crippen molar-refractivity contribution in [1.82, 2.24) is 25.1 Å². The Morgan fingerprint density at radius 1 is 0.939 bits per heavy atom. The van der Waals surface area contributed by atoms with Gasteiger partial charge in [-0.3, -0.25) is 4.68 Å². The summed E-state index contributed by atoms with van der Waals surface area (Å²) in [5.41, 5.74) is 8.91. The lowest BCUT2D eigenvalue weighted by Gasteiger charge is -2.04. The Kier molecular flexibility index (Phi) is 4.28. The predicted octanol–water partition coefficient (Wildman–Crippen LogP) is 4.48. The number of nitriles is 1. The van der Waals surface area contributed by atoms with Crippen LogP contribution in [0.4, 0.5) is 0 Å². The molecule has 1 aliphatic rings. The molecule has 0 atom stereocenters. The highest BCUT2D eigenvalue weighted by atomic mass is 16.3. The number of nitrogens with zero attached hydrogens (tertiary/aromatic N) is 4. The summed E-state index contributed by atoms with van der Waals surface area (Å²) in [6.07, 6.45) is 0. The van der Waals surface area contributed by atoms with Crippen molar-refractivity contribution in [2.45, 2.75) is 13.1 Å². The van der Waals surface area contributed by atoms with Crippen LogP contribution >= 0.6 is 0 Å².